The Morgan fingerprint density at radius 1 is 1.38 bits per heavy atom. The van der Waals surface area contributed by atoms with E-state index in [-0.39, 0.29) is 27.3 Å². The van der Waals surface area contributed by atoms with Gasteiger partial charge < -0.3 is 5.73 Å². The minimum Gasteiger partial charge on any atom is -0.398 e. The van der Waals surface area contributed by atoms with Crippen molar-refractivity contribution in [2.75, 3.05) is 11.6 Å². The highest BCUT2D eigenvalue weighted by Gasteiger charge is 2.15. The Morgan fingerprint density at radius 3 is 2.54 bits per heavy atom. The number of anilines is 1. The van der Waals surface area contributed by atoms with Crippen molar-refractivity contribution >= 4 is 46.3 Å². The first-order chi connectivity index (χ1) is 6.07. The fourth-order valence-corrected chi connectivity index (χ4v) is 1.61. The van der Waals surface area contributed by atoms with Crippen molar-refractivity contribution in [2.24, 2.45) is 0 Å². The zero-order valence-electron chi connectivity index (χ0n) is 6.48. The number of rotatable bonds is 2. The average Bonchev–Trinajstić information content (AvgIpc) is 2.12. The summed E-state index contributed by atoms with van der Waals surface area (Å²) in [4.78, 5) is 11.3. The van der Waals surface area contributed by atoms with E-state index >= 15 is 0 Å². The number of hydrogen-bond donors (Lipinski definition) is 1. The lowest BCUT2D eigenvalue weighted by molar-refractivity contribution is 0.102. The molecule has 70 valence electrons. The molecular formula is C8H6Cl3NO. The van der Waals surface area contributed by atoms with Gasteiger partial charge in [0, 0.05) is 0 Å². The highest BCUT2D eigenvalue weighted by molar-refractivity contribution is 6.43. The summed E-state index contributed by atoms with van der Waals surface area (Å²) in [5.74, 6) is -0.493. The second-order valence-corrected chi connectivity index (χ2v) is 3.43. The van der Waals surface area contributed by atoms with Crippen LogP contribution in [0.25, 0.3) is 0 Å². The average molecular weight is 239 g/mol. The van der Waals surface area contributed by atoms with Crippen LogP contribution < -0.4 is 5.73 Å². The minimum absolute atomic E-state index is 0.164. The molecule has 5 heteroatoms. The van der Waals surface area contributed by atoms with E-state index in [0.29, 0.717) is 5.69 Å². The van der Waals surface area contributed by atoms with Crippen molar-refractivity contribution in [1.82, 2.24) is 0 Å². The number of nitrogen functional groups attached to an aromatic ring is 1. The van der Waals surface area contributed by atoms with E-state index < -0.39 is 0 Å². The predicted molar refractivity (Wildman–Crippen MR) is 55.9 cm³/mol. The maximum atomic E-state index is 11.3. The van der Waals surface area contributed by atoms with E-state index in [0.717, 1.165) is 0 Å². The molecule has 0 saturated carbocycles. The van der Waals surface area contributed by atoms with Gasteiger partial charge in [0.25, 0.3) is 0 Å². The molecule has 1 aromatic carbocycles. The van der Waals surface area contributed by atoms with Crippen LogP contribution in [0.3, 0.4) is 0 Å². The molecular weight excluding hydrogens is 232 g/mol. The van der Waals surface area contributed by atoms with E-state index in [1.54, 1.807) is 0 Å². The first-order valence-electron chi connectivity index (χ1n) is 3.40. The SMILES string of the molecule is Nc1ccc(Cl)c(C(=O)CCl)c1Cl. The lowest BCUT2D eigenvalue weighted by Gasteiger charge is -2.05. The van der Waals surface area contributed by atoms with E-state index in [1.165, 1.54) is 12.1 Å². The molecule has 1 aromatic rings. The third-order valence-corrected chi connectivity index (χ3v) is 2.49. The number of nitrogens with two attached hydrogens (primary N) is 1. The lowest BCUT2D eigenvalue weighted by atomic mass is 10.1. The molecule has 0 radical (unpaired) electrons. The normalized spacial score (nSPS) is 10.1. The van der Waals surface area contributed by atoms with Crippen molar-refractivity contribution in [1.29, 1.82) is 0 Å². The van der Waals surface area contributed by atoms with Gasteiger partial charge in [0.2, 0.25) is 0 Å². The highest BCUT2D eigenvalue weighted by atomic mass is 35.5. The van der Waals surface area contributed by atoms with Gasteiger partial charge in [-0.3, -0.25) is 4.79 Å². The molecule has 0 aliphatic heterocycles. The number of ketones is 1. The molecule has 0 heterocycles. The zero-order chi connectivity index (χ0) is 10.0. The first-order valence-corrected chi connectivity index (χ1v) is 4.69. The fraction of sp³-hybridized carbons (Fsp3) is 0.125. The molecule has 2 N–H and O–H groups in total. The number of carbonyl (C=O) groups is 1. The van der Waals surface area contributed by atoms with Crippen LogP contribution in [0.2, 0.25) is 10.0 Å². The number of halogens is 3. The molecule has 0 amide bonds. The van der Waals surface area contributed by atoms with Gasteiger partial charge in [0.05, 0.1) is 27.2 Å². The Balaban J connectivity index is 3.33. The van der Waals surface area contributed by atoms with Gasteiger partial charge >= 0.3 is 0 Å². The molecule has 0 saturated heterocycles. The van der Waals surface area contributed by atoms with E-state index in [4.69, 9.17) is 40.5 Å². The monoisotopic (exact) mass is 237 g/mol. The van der Waals surface area contributed by atoms with Crippen LogP contribution in [0.5, 0.6) is 0 Å². The van der Waals surface area contributed by atoms with Gasteiger partial charge in [-0.05, 0) is 12.1 Å². The maximum absolute atomic E-state index is 11.3. The van der Waals surface area contributed by atoms with Crippen molar-refractivity contribution in [3.05, 3.63) is 27.7 Å². The van der Waals surface area contributed by atoms with Crippen LogP contribution in [-0.2, 0) is 0 Å². The summed E-state index contributed by atoms with van der Waals surface area (Å²) in [6.07, 6.45) is 0. The van der Waals surface area contributed by atoms with Crippen LogP contribution in [0.1, 0.15) is 10.4 Å². The van der Waals surface area contributed by atoms with Crippen LogP contribution in [0, 0.1) is 0 Å². The summed E-state index contributed by atoms with van der Waals surface area (Å²) in [7, 11) is 0. The first kappa shape index (κ1) is 10.6. The maximum Gasteiger partial charge on any atom is 0.180 e. The summed E-state index contributed by atoms with van der Waals surface area (Å²) in [6, 6.07) is 3.05. The summed E-state index contributed by atoms with van der Waals surface area (Å²) in [5.41, 5.74) is 6.01. The Morgan fingerprint density at radius 2 is 2.00 bits per heavy atom. The van der Waals surface area contributed by atoms with Gasteiger partial charge in [-0.15, -0.1) is 11.6 Å². The lowest BCUT2D eigenvalue weighted by Crippen LogP contribution is -2.04. The largest absolute Gasteiger partial charge is 0.398 e. The molecule has 0 bridgehead atoms. The summed E-state index contributed by atoms with van der Waals surface area (Å²) >= 11 is 16.9. The summed E-state index contributed by atoms with van der Waals surface area (Å²) in [6.45, 7) is 0. The number of benzene rings is 1. The molecule has 0 unspecified atom stereocenters. The highest BCUT2D eigenvalue weighted by Crippen LogP contribution is 2.30. The number of carbonyl (C=O) groups excluding carboxylic acids is 1. The summed E-state index contributed by atoms with van der Waals surface area (Å²) < 4.78 is 0. The molecule has 0 aliphatic carbocycles. The number of Topliss-reactive ketones (excluding diaryl/α,β-unsaturated/α-hetero) is 1. The third kappa shape index (κ3) is 2.08. The fourth-order valence-electron chi connectivity index (χ4n) is 0.891. The Hall–Kier alpha value is -0.440. The summed E-state index contributed by atoms with van der Waals surface area (Å²) in [5, 5.41) is 0.433. The molecule has 1 rings (SSSR count). The molecule has 0 atom stereocenters. The quantitative estimate of drug-likeness (QED) is 0.489. The predicted octanol–water partition coefficient (Wildman–Crippen LogP) is 3.00. The second-order valence-electron chi connectivity index (χ2n) is 2.38. The van der Waals surface area contributed by atoms with Crippen LogP contribution in [0.4, 0.5) is 5.69 Å². The molecule has 0 spiro atoms. The number of alkyl halides is 1. The van der Waals surface area contributed by atoms with E-state index in [2.05, 4.69) is 0 Å². The van der Waals surface area contributed by atoms with Crippen LogP contribution >= 0.6 is 34.8 Å². The Bertz CT molecular complexity index is 351. The van der Waals surface area contributed by atoms with Crippen molar-refractivity contribution in [3.63, 3.8) is 0 Å². The Kier molecular flexibility index (Phi) is 3.42. The van der Waals surface area contributed by atoms with Crippen molar-refractivity contribution in [2.45, 2.75) is 0 Å². The third-order valence-electron chi connectivity index (χ3n) is 1.52. The van der Waals surface area contributed by atoms with Gasteiger partial charge in [0.1, 0.15) is 0 Å². The molecule has 0 aromatic heterocycles. The molecule has 0 fully saturated rings. The van der Waals surface area contributed by atoms with E-state index in [9.17, 15) is 4.79 Å². The molecule has 13 heavy (non-hydrogen) atoms. The van der Waals surface area contributed by atoms with Gasteiger partial charge in [-0.1, -0.05) is 23.2 Å². The second kappa shape index (κ2) is 4.18. The minimum atomic E-state index is -0.330. The Labute approximate surface area is 90.6 Å². The van der Waals surface area contributed by atoms with Gasteiger partial charge in [0.15, 0.2) is 5.78 Å². The molecule has 2 nitrogen and oxygen atoms in total. The van der Waals surface area contributed by atoms with Gasteiger partial charge in [-0.2, -0.15) is 0 Å². The van der Waals surface area contributed by atoms with Crippen LogP contribution in [0.15, 0.2) is 12.1 Å². The number of hydrogen-bond acceptors (Lipinski definition) is 2. The smallest absolute Gasteiger partial charge is 0.180 e. The zero-order valence-corrected chi connectivity index (χ0v) is 8.75. The van der Waals surface area contributed by atoms with Crippen molar-refractivity contribution < 1.29 is 4.79 Å². The topological polar surface area (TPSA) is 43.1 Å². The van der Waals surface area contributed by atoms with Crippen molar-refractivity contribution in [3.8, 4) is 0 Å². The van der Waals surface area contributed by atoms with Crippen LogP contribution in [-0.4, -0.2) is 11.7 Å². The standard InChI is InChI=1S/C8H6Cl3NO/c9-3-6(13)7-4(10)1-2-5(12)8(7)11/h1-2H,3,12H2. The van der Waals surface area contributed by atoms with Gasteiger partial charge in [-0.25, -0.2) is 0 Å². The molecule has 0 aliphatic rings. The van der Waals surface area contributed by atoms with E-state index in [1.807, 2.05) is 0 Å².